The Balaban J connectivity index is 3.53. The van der Waals surface area contributed by atoms with Crippen molar-refractivity contribution in [3.63, 3.8) is 0 Å². The molecule has 1 aromatic carbocycles. The summed E-state index contributed by atoms with van der Waals surface area (Å²) in [6.07, 6.45) is 1.29. The molecule has 0 fully saturated rings. The topological polar surface area (TPSA) is 34.1 Å². The van der Waals surface area contributed by atoms with E-state index in [1.807, 2.05) is 20.8 Å². The number of aryl methyl sites for hydroxylation is 2. The molecule has 0 spiro atoms. The number of halogens is 2. The molecule has 1 rings (SSSR count). The number of alkyl halides is 1. The van der Waals surface area contributed by atoms with E-state index in [2.05, 4.69) is 37.9 Å². The zero-order chi connectivity index (χ0) is 15.2. The van der Waals surface area contributed by atoms with Gasteiger partial charge in [-0.1, -0.05) is 37.9 Å². The standard InChI is InChI=1S/C14H20Br2O2S/c1-8-7-9(2)12(15)10(3)11(8)13(16)14(4,5)19(6,17)18/h7,13H,1-6H3. The molecule has 0 saturated heterocycles. The van der Waals surface area contributed by atoms with Crippen molar-refractivity contribution >= 4 is 41.7 Å². The second-order valence-corrected chi connectivity index (χ2v) is 9.91. The van der Waals surface area contributed by atoms with Crippen molar-refractivity contribution in [3.05, 3.63) is 32.8 Å². The lowest BCUT2D eigenvalue weighted by atomic mass is 9.92. The van der Waals surface area contributed by atoms with Gasteiger partial charge >= 0.3 is 0 Å². The molecule has 19 heavy (non-hydrogen) atoms. The van der Waals surface area contributed by atoms with Gasteiger partial charge in [0.15, 0.2) is 9.84 Å². The zero-order valence-corrected chi connectivity index (χ0v) is 16.1. The third-order valence-corrected chi connectivity index (χ3v) is 9.03. The highest BCUT2D eigenvalue weighted by molar-refractivity contribution is 9.10. The predicted molar refractivity (Wildman–Crippen MR) is 88.9 cm³/mol. The van der Waals surface area contributed by atoms with Gasteiger partial charge in [-0.05, 0) is 56.9 Å². The second kappa shape index (κ2) is 5.49. The zero-order valence-electron chi connectivity index (χ0n) is 12.1. The summed E-state index contributed by atoms with van der Waals surface area (Å²) in [5.41, 5.74) is 4.41. The molecule has 1 atom stereocenters. The quantitative estimate of drug-likeness (QED) is 0.679. The summed E-state index contributed by atoms with van der Waals surface area (Å²) in [5, 5.41) is 0. The smallest absolute Gasteiger partial charge is 0.154 e. The Morgan fingerprint density at radius 2 is 1.63 bits per heavy atom. The van der Waals surface area contributed by atoms with Crippen LogP contribution in [0.3, 0.4) is 0 Å². The van der Waals surface area contributed by atoms with Crippen molar-refractivity contribution in [2.24, 2.45) is 0 Å². The fourth-order valence-electron chi connectivity index (χ4n) is 2.10. The van der Waals surface area contributed by atoms with E-state index >= 15 is 0 Å². The minimum atomic E-state index is -3.17. The summed E-state index contributed by atoms with van der Waals surface area (Å²) in [4.78, 5) is -0.244. The lowest BCUT2D eigenvalue weighted by molar-refractivity contribution is 0.547. The van der Waals surface area contributed by atoms with Crippen LogP contribution in [0.25, 0.3) is 0 Å². The largest absolute Gasteiger partial charge is 0.229 e. The fourth-order valence-corrected chi connectivity index (χ4v) is 4.65. The van der Waals surface area contributed by atoms with Crippen molar-refractivity contribution in [3.8, 4) is 0 Å². The normalized spacial score (nSPS) is 14.5. The van der Waals surface area contributed by atoms with Crippen LogP contribution in [0.1, 0.15) is 40.9 Å². The lowest BCUT2D eigenvalue weighted by Gasteiger charge is -2.31. The molecule has 0 aliphatic rings. The summed E-state index contributed by atoms with van der Waals surface area (Å²) in [5.74, 6) is 0. The molecule has 0 radical (unpaired) electrons. The highest BCUT2D eigenvalue weighted by Crippen LogP contribution is 2.43. The Kier molecular flexibility index (Phi) is 4.96. The molecular weight excluding hydrogens is 392 g/mol. The highest BCUT2D eigenvalue weighted by Gasteiger charge is 2.40. The maximum atomic E-state index is 12.0. The van der Waals surface area contributed by atoms with Crippen LogP contribution in [0.5, 0.6) is 0 Å². The average Bonchev–Trinajstić information content (AvgIpc) is 2.24. The minimum absolute atomic E-state index is 0.244. The lowest BCUT2D eigenvalue weighted by Crippen LogP contribution is -2.35. The molecule has 0 aliphatic heterocycles. The molecule has 2 nitrogen and oxygen atoms in total. The average molecular weight is 412 g/mol. The van der Waals surface area contributed by atoms with Gasteiger partial charge in [0.25, 0.3) is 0 Å². The monoisotopic (exact) mass is 410 g/mol. The maximum absolute atomic E-state index is 12.0. The number of sulfone groups is 1. The van der Waals surface area contributed by atoms with Crippen molar-refractivity contribution < 1.29 is 8.42 Å². The first-order chi connectivity index (χ1) is 8.41. The van der Waals surface area contributed by atoms with Crippen molar-refractivity contribution in [2.75, 3.05) is 6.26 Å². The second-order valence-electron chi connectivity index (χ2n) is 5.60. The SMILES string of the molecule is Cc1cc(C)c(C(Br)C(C)(C)S(C)(=O)=O)c(C)c1Br. The number of hydrogen-bond donors (Lipinski definition) is 0. The van der Waals surface area contributed by atoms with E-state index in [0.29, 0.717) is 0 Å². The Morgan fingerprint density at radius 1 is 1.16 bits per heavy atom. The first kappa shape index (κ1) is 17.2. The molecule has 0 bridgehead atoms. The summed E-state index contributed by atoms with van der Waals surface area (Å²) in [6, 6.07) is 2.08. The van der Waals surface area contributed by atoms with Crippen LogP contribution in [0.15, 0.2) is 10.5 Å². The molecule has 0 heterocycles. The van der Waals surface area contributed by atoms with Crippen LogP contribution in [-0.4, -0.2) is 19.4 Å². The van der Waals surface area contributed by atoms with E-state index in [-0.39, 0.29) is 4.83 Å². The number of hydrogen-bond acceptors (Lipinski definition) is 2. The molecule has 0 amide bonds. The van der Waals surface area contributed by atoms with Gasteiger partial charge in [0.2, 0.25) is 0 Å². The third-order valence-electron chi connectivity index (χ3n) is 3.76. The van der Waals surface area contributed by atoms with E-state index < -0.39 is 14.6 Å². The fraction of sp³-hybridized carbons (Fsp3) is 0.571. The van der Waals surface area contributed by atoms with E-state index in [1.165, 1.54) is 6.26 Å². The maximum Gasteiger partial charge on any atom is 0.154 e. The molecular formula is C14H20Br2O2S. The van der Waals surface area contributed by atoms with Gasteiger partial charge in [-0.25, -0.2) is 8.42 Å². The Morgan fingerprint density at radius 3 is 2.05 bits per heavy atom. The van der Waals surface area contributed by atoms with Crippen molar-refractivity contribution in [1.29, 1.82) is 0 Å². The molecule has 0 aromatic heterocycles. The molecule has 1 aromatic rings. The Hall–Kier alpha value is 0.130. The van der Waals surface area contributed by atoms with Crippen molar-refractivity contribution in [1.82, 2.24) is 0 Å². The van der Waals surface area contributed by atoms with E-state index in [9.17, 15) is 8.42 Å². The Labute approximate surface area is 133 Å². The minimum Gasteiger partial charge on any atom is -0.229 e. The van der Waals surface area contributed by atoms with Gasteiger partial charge in [-0.15, -0.1) is 0 Å². The van der Waals surface area contributed by atoms with Crippen LogP contribution in [0.2, 0.25) is 0 Å². The summed E-state index contributed by atoms with van der Waals surface area (Å²) >= 11 is 7.18. The van der Waals surface area contributed by atoms with Gasteiger partial charge < -0.3 is 0 Å². The van der Waals surface area contributed by atoms with Gasteiger partial charge in [0.05, 0.1) is 9.57 Å². The first-order valence-electron chi connectivity index (χ1n) is 6.01. The molecule has 0 aliphatic carbocycles. The van der Waals surface area contributed by atoms with Crippen LogP contribution < -0.4 is 0 Å². The van der Waals surface area contributed by atoms with Crippen molar-refractivity contribution in [2.45, 2.75) is 44.2 Å². The van der Waals surface area contributed by atoms with E-state index in [1.54, 1.807) is 13.8 Å². The molecule has 1 unspecified atom stereocenters. The van der Waals surface area contributed by atoms with Crippen LogP contribution in [0.4, 0.5) is 0 Å². The molecule has 0 N–H and O–H groups in total. The third kappa shape index (κ3) is 3.08. The molecule has 0 saturated carbocycles. The van der Waals surface area contributed by atoms with Gasteiger partial charge in [0.1, 0.15) is 0 Å². The van der Waals surface area contributed by atoms with Gasteiger partial charge in [0, 0.05) is 10.7 Å². The van der Waals surface area contributed by atoms with Crippen LogP contribution >= 0.6 is 31.9 Å². The van der Waals surface area contributed by atoms with Crippen LogP contribution in [0, 0.1) is 20.8 Å². The number of rotatable bonds is 3. The number of benzene rings is 1. The van der Waals surface area contributed by atoms with E-state index in [0.717, 1.165) is 26.7 Å². The van der Waals surface area contributed by atoms with Gasteiger partial charge in [-0.3, -0.25) is 0 Å². The Bertz CT molecular complexity index is 604. The molecule has 5 heteroatoms. The summed E-state index contributed by atoms with van der Waals surface area (Å²) in [6.45, 7) is 9.60. The van der Waals surface area contributed by atoms with Crippen LogP contribution in [-0.2, 0) is 9.84 Å². The highest BCUT2D eigenvalue weighted by atomic mass is 79.9. The van der Waals surface area contributed by atoms with E-state index in [4.69, 9.17) is 0 Å². The summed E-state index contributed by atoms with van der Waals surface area (Å²) in [7, 11) is -3.17. The van der Waals surface area contributed by atoms with Gasteiger partial charge in [-0.2, -0.15) is 0 Å². The molecule has 108 valence electrons. The predicted octanol–water partition coefficient (Wildman–Crippen LogP) is 4.63. The summed E-state index contributed by atoms with van der Waals surface area (Å²) < 4.78 is 24.2. The first-order valence-corrected chi connectivity index (χ1v) is 9.61.